The van der Waals surface area contributed by atoms with Crippen LogP contribution in [0, 0.1) is 5.92 Å². The van der Waals surface area contributed by atoms with Crippen molar-refractivity contribution in [2.24, 2.45) is 5.92 Å². The molecule has 7 nitrogen and oxygen atoms in total. The molecule has 1 aromatic carbocycles. The molecular weight excluding hydrogens is 420 g/mol. The number of hydrogen-bond acceptors (Lipinski definition) is 5. The first kappa shape index (κ1) is 25.0. The van der Waals surface area contributed by atoms with E-state index in [2.05, 4.69) is 15.6 Å². The number of aromatic nitrogens is 1. The summed E-state index contributed by atoms with van der Waals surface area (Å²) in [4.78, 5) is 28.9. The molecule has 2 aromatic rings. The molecule has 0 bridgehead atoms. The molecule has 0 aliphatic carbocycles. The van der Waals surface area contributed by atoms with Gasteiger partial charge in [-0.25, -0.2) is 8.78 Å². The molecule has 9 heteroatoms. The zero-order valence-corrected chi connectivity index (χ0v) is 18.7. The molecule has 2 rings (SSSR count). The van der Waals surface area contributed by atoms with Crippen molar-refractivity contribution < 1.29 is 27.8 Å². The van der Waals surface area contributed by atoms with Crippen LogP contribution in [0.5, 0.6) is 11.5 Å². The average molecular weight is 449 g/mol. The highest BCUT2D eigenvalue weighted by Crippen LogP contribution is 2.30. The Bertz CT molecular complexity index is 922. The van der Waals surface area contributed by atoms with Crippen LogP contribution in [0.4, 0.5) is 8.78 Å². The van der Waals surface area contributed by atoms with E-state index in [4.69, 9.17) is 9.47 Å². The van der Waals surface area contributed by atoms with Crippen molar-refractivity contribution in [3.63, 3.8) is 0 Å². The summed E-state index contributed by atoms with van der Waals surface area (Å²) in [6.45, 7) is 5.06. The van der Waals surface area contributed by atoms with Crippen LogP contribution >= 0.6 is 0 Å². The quantitative estimate of drug-likeness (QED) is 0.548. The van der Waals surface area contributed by atoms with Crippen molar-refractivity contribution in [1.82, 2.24) is 15.6 Å². The highest BCUT2D eigenvalue weighted by atomic mass is 19.3. The summed E-state index contributed by atoms with van der Waals surface area (Å²) >= 11 is 0. The topological polar surface area (TPSA) is 89.5 Å². The first-order valence-electron chi connectivity index (χ1n) is 10.3. The average Bonchev–Trinajstić information content (AvgIpc) is 2.77. The van der Waals surface area contributed by atoms with E-state index in [9.17, 15) is 18.4 Å². The Balaban J connectivity index is 2.07. The Hall–Kier alpha value is -3.23. The summed E-state index contributed by atoms with van der Waals surface area (Å²) < 4.78 is 35.1. The van der Waals surface area contributed by atoms with Crippen molar-refractivity contribution >= 4 is 11.8 Å². The minimum Gasteiger partial charge on any atom is -0.493 e. The lowest BCUT2D eigenvalue weighted by Gasteiger charge is -2.18. The van der Waals surface area contributed by atoms with E-state index >= 15 is 0 Å². The van der Waals surface area contributed by atoms with Crippen LogP contribution < -0.4 is 20.1 Å². The van der Waals surface area contributed by atoms with Gasteiger partial charge in [-0.2, -0.15) is 0 Å². The first-order valence-corrected chi connectivity index (χ1v) is 10.3. The van der Waals surface area contributed by atoms with Gasteiger partial charge in [0.1, 0.15) is 6.61 Å². The van der Waals surface area contributed by atoms with Crippen LogP contribution in [0.25, 0.3) is 0 Å². The monoisotopic (exact) mass is 449 g/mol. The van der Waals surface area contributed by atoms with Crippen molar-refractivity contribution in [3.05, 3.63) is 53.3 Å². The van der Waals surface area contributed by atoms with Crippen molar-refractivity contribution in [2.75, 3.05) is 20.3 Å². The molecule has 1 aromatic heterocycles. The van der Waals surface area contributed by atoms with Gasteiger partial charge >= 0.3 is 0 Å². The Morgan fingerprint density at radius 3 is 2.53 bits per heavy atom. The van der Waals surface area contributed by atoms with Crippen LogP contribution in [-0.2, 0) is 11.2 Å². The molecule has 174 valence electrons. The molecule has 1 heterocycles. The fourth-order valence-electron chi connectivity index (χ4n) is 2.94. The summed E-state index contributed by atoms with van der Waals surface area (Å²) in [7, 11) is 1.41. The predicted molar refractivity (Wildman–Crippen MR) is 116 cm³/mol. The van der Waals surface area contributed by atoms with Crippen molar-refractivity contribution in [2.45, 2.75) is 39.7 Å². The summed E-state index contributed by atoms with van der Waals surface area (Å²) in [6, 6.07) is 7.81. The van der Waals surface area contributed by atoms with E-state index in [1.807, 2.05) is 13.8 Å². The molecule has 1 atom stereocenters. The SMILES string of the molecule is COc1cc(C(C)NC(=O)c2cccnc2CCNC(=O)C(C)C)ccc1OCC(F)F. The Morgan fingerprint density at radius 1 is 1.12 bits per heavy atom. The van der Waals surface area contributed by atoms with Gasteiger partial charge in [0.2, 0.25) is 5.91 Å². The molecule has 2 amide bonds. The number of carbonyl (C=O) groups excluding carboxylic acids is 2. The first-order chi connectivity index (χ1) is 15.2. The number of amides is 2. The number of ether oxygens (including phenoxy) is 2. The van der Waals surface area contributed by atoms with E-state index < -0.39 is 19.1 Å². The number of rotatable bonds is 11. The van der Waals surface area contributed by atoms with E-state index in [-0.39, 0.29) is 23.5 Å². The number of alkyl halides is 2. The summed E-state index contributed by atoms with van der Waals surface area (Å²) in [5.41, 5.74) is 1.71. The van der Waals surface area contributed by atoms with Gasteiger partial charge in [-0.15, -0.1) is 0 Å². The minimum absolute atomic E-state index is 0.0597. The van der Waals surface area contributed by atoms with Gasteiger partial charge in [-0.3, -0.25) is 14.6 Å². The van der Waals surface area contributed by atoms with Gasteiger partial charge < -0.3 is 20.1 Å². The smallest absolute Gasteiger partial charge is 0.272 e. The normalized spacial score (nSPS) is 11.9. The van der Waals surface area contributed by atoms with E-state index in [0.29, 0.717) is 35.5 Å². The zero-order chi connectivity index (χ0) is 23.7. The second-order valence-corrected chi connectivity index (χ2v) is 7.50. The minimum atomic E-state index is -2.59. The van der Waals surface area contributed by atoms with Gasteiger partial charge in [0, 0.05) is 25.1 Å². The number of methoxy groups -OCH3 is 1. The van der Waals surface area contributed by atoms with Crippen LogP contribution in [0.15, 0.2) is 36.5 Å². The van der Waals surface area contributed by atoms with E-state index in [1.165, 1.54) is 13.2 Å². The molecule has 1 unspecified atom stereocenters. The lowest BCUT2D eigenvalue weighted by atomic mass is 10.1. The van der Waals surface area contributed by atoms with Crippen LogP contribution in [0.1, 0.15) is 48.4 Å². The largest absolute Gasteiger partial charge is 0.493 e. The summed E-state index contributed by atoms with van der Waals surface area (Å²) in [6.07, 6.45) is -0.576. The summed E-state index contributed by atoms with van der Waals surface area (Å²) in [5, 5.41) is 5.72. The molecule has 32 heavy (non-hydrogen) atoms. The van der Waals surface area contributed by atoms with Crippen molar-refractivity contribution in [1.29, 1.82) is 0 Å². The van der Waals surface area contributed by atoms with E-state index in [1.54, 1.807) is 37.4 Å². The number of nitrogens with one attached hydrogen (secondary N) is 2. The molecule has 0 radical (unpaired) electrons. The van der Waals surface area contributed by atoms with Gasteiger partial charge in [0.15, 0.2) is 11.5 Å². The fraction of sp³-hybridized carbons (Fsp3) is 0.435. The number of carbonyl (C=O) groups is 2. The number of nitrogens with zero attached hydrogens (tertiary/aromatic N) is 1. The zero-order valence-electron chi connectivity index (χ0n) is 18.7. The second-order valence-electron chi connectivity index (χ2n) is 7.50. The number of halogens is 2. The standard InChI is InChI=1S/C23H29F2N3O4/c1-14(2)22(29)27-11-9-18-17(6-5-10-26-18)23(30)28-15(3)16-7-8-19(20(12-16)31-4)32-13-21(24)25/h5-8,10,12,14-15,21H,9,11,13H2,1-4H3,(H,27,29)(H,28,30). The molecule has 0 saturated carbocycles. The van der Waals surface area contributed by atoms with Gasteiger partial charge in [-0.05, 0) is 36.8 Å². The lowest BCUT2D eigenvalue weighted by Crippen LogP contribution is -2.31. The highest BCUT2D eigenvalue weighted by molar-refractivity contribution is 5.95. The van der Waals surface area contributed by atoms with Crippen LogP contribution in [0.3, 0.4) is 0 Å². The Kier molecular flexibility index (Phi) is 9.37. The lowest BCUT2D eigenvalue weighted by molar-refractivity contribution is -0.123. The Morgan fingerprint density at radius 2 is 1.88 bits per heavy atom. The number of benzene rings is 1. The maximum absolute atomic E-state index is 12.9. The predicted octanol–water partition coefficient (Wildman–Crippen LogP) is 3.54. The fourth-order valence-corrected chi connectivity index (χ4v) is 2.94. The third-order valence-electron chi connectivity index (χ3n) is 4.72. The maximum atomic E-state index is 12.9. The number of hydrogen-bond donors (Lipinski definition) is 2. The van der Waals surface area contributed by atoms with Gasteiger partial charge in [0.05, 0.1) is 24.4 Å². The summed E-state index contributed by atoms with van der Waals surface area (Å²) in [5.74, 6) is 0.00930. The van der Waals surface area contributed by atoms with E-state index in [0.717, 1.165) is 0 Å². The number of pyridine rings is 1. The van der Waals surface area contributed by atoms with Gasteiger partial charge in [0.25, 0.3) is 12.3 Å². The third-order valence-corrected chi connectivity index (χ3v) is 4.72. The molecule has 2 N–H and O–H groups in total. The molecule has 0 fully saturated rings. The third kappa shape index (κ3) is 7.18. The van der Waals surface area contributed by atoms with Crippen LogP contribution in [-0.4, -0.2) is 43.5 Å². The van der Waals surface area contributed by atoms with Crippen molar-refractivity contribution in [3.8, 4) is 11.5 Å². The second kappa shape index (κ2) is 12.0. The highest BCUT2D eigenvalue weighted by Gasteiger charge is 2.18. The van der Waals surface area contributed by atoms with Gasteiger partial charge in [-0.1, -0.05) is 19.9 Å². The molecular formula is C23H29F2N3O4. The maximum Gasteiger partial charge on any atom is 0.272 e. The molecule has 0 spiro atoms. The molecule has 0 aliphatic rings. The molecule has 0 saturated heterocycles. The molecule has 0 aliphatic heterocycles. The Labute approximate surface area is 186 Å². The van der Waals surface area contributed by atoms with Crippen LogP contribution in [0.2, 0.25) is 0 Å².